The molecule has 0 atom stereocenters. The van der Waals surface area contributed by atoms with E-state index < -0.39 is 0 Å². The summed E-state index contributed by atoms with van der Waals surface area (Å²) >= 11 is 0. The highest BCUT2D eigenvalue weighted by Gasteiger charge is 2.02. The molecule has 0 radical (unpaired) electrons. The number of unbranched alkanes of at least 4 members (excludes halogenated alkanes) is 2. The molecule has 96 valence electrons. The minimum absolute atomic E-state index is 0.237. The molecule has 0 bridgehead atoms. The Kier molecular flexibility index (Phi) is 4.72. The highest BCUT2D eigenvalue weighted by Crippen LogP contribution is 2.08. The Morgan fingerprint density at radius 1 is 1.11 bits per heavy atom. The van der Waals surface area contributed by atoms with Crippen molar-refractivity contribution in [2.45, 2.75) is 19.3 Å². The highest BCUT2D eigenvalue weighted by molar-refractivity contribution is 5.29. The number of hydrogen-bond acceptors (Lipinski definition) is 4. The molecule has 1 aromatic heterocycles. The van der Waals surface area contributed by atoms with E-state index >= 15 is 0 Å². The summed E-state index contributed by atoms with van der Waals surface area (Å²) in [5.41, 5.74) is 0.958. The Bertz CT molecular complexity index is 456. The summed E-state index contributed by atoms with van der Waals surface area (Å²) in [6.07, 6.45) is 4.31. The van der Waals surface area contributed by atoms with Crippen LogP contribution in [0.4, 0.5) is 0 Å². The Labute approximate surface area is 106 Å². The Hall–Kier alpha value is -1.88. The Balaban J connectivity index is 1.83. The molecule has 1 N–H and O–H groups in total. The highest BCUT2D eigenvalue weighted by atomic mass is 16.5. The number of aliphatic hydroxyl groups is 1. The van der Waals surface area contributed by atoms with Crippen LogP contribution in [0.25, 0.3) is 5.69 Å². The first kappa shape index (κ1) is 12.6. The van der Waals surface area contributed by atoms with Gasteiger partial charge in [0.05, 0.1) is 12.3 Å². The standard InChI is InChI=1S/C13H17N3O2/c17-9-5-2-6-10-18-13-14-11-16(15-13)12-7-3-1-4-8-12/h1,3-4,7-8,11,17H,2,5-6,9-10H2. The van der Waals surface area contributed by atoms with Gasteiger partial charge in [0.15, 0.2) is 0 Å². The van der Waals surface area contributed by atoms with Crippen LogP contribution in [-0.2, 0) is 0 Å². The molecule has 1 heterocycles. The van der Waals surface area contributed by atoms with E-state index in [2.05, 4.69) is 10.1 Å². The Morgan fingerprint density at radius 3 is 2.72 bits per heavy atom. The van der Waals surface area contributed by atoms with Crippen molar-refractivity contribution >= 4 is 0 Å². The van der Waals surface area contributed by atoms with Gasteiger partial charge in [0, 0.05) is 6.61 Å². The zero-order chi connectivity index (χ0) is 12.6. The van der Waals surface area contributed by atoms with E-state index in [1.54, 1.807) is 11.0 Å². The predicted molar refractivity (Wildman–Crippen MR) is 67.8 cm³/mol. The molecule has 1 aromatic carbocycles. The van der Waals surface area contributed by atoms with Crippen LogP contribution in [0.3, 0.4) is 0 Å². The number of aliphatic hydroxyl groups excluding tert-OH is 1. The molecule has 0 aliphatic heterocycles. The molecule has 0 spiro atoms. The number of ether oxygens (including phenoxy) is 1. The lowest BCUT2D eigenvalue weighted by molar-refractivity contribution is 0.258. The van der Waals surface area contributed by atoms with Crippen LogP contribution in [0.1, 0.15) is 19.3 Å². The van der Waals surface area contributed by atoms with Crippen LogP contribution >= 0.6 is 0 Å². The smallest absolute Gasteiger partial charge is 0.335 e. The molecule has 18 heavy (non-hydrogen) atoms. The van der Waals surface area contributed by atoms with Crippen molar-refractivity contribution in [2.75, 3.05) is 13.2 Å². The number of benzene rings is 1. The van der Waals surface area contributed by atoms with Crippen molar-refractivity contribution in [1.29, 1.82) is 0 Å². The third kappa shape index (κ3) is 3.56. The monoisotopic (exact) mass is 247 g/mol. The van der Waals surface area contributed by atoms with Crippen molar-refractivity contribution in [3.05, 3.63) is 36.7 Å². The summed E-state index contributed by atoms with van der Waals surface area (Å²) in [7, 11) is 0. The first-order chi connectivity index (χ1) is 8.90. The van der Waals surface area contributed by atoms with Crippen molar-refractivity contribution in [2.24, 2.45) is 0 Å². The van der Waals surface area contributed by atoms with E-state index in [1.807, 2.05) is 30.3 Å². The average Bonchev–Trinajstić information content (AvgIpc) is 2.88. The first-order valence-corrected chi connectivity index (χ1v) is 6.11. The van der Waals surface area contributed by atoms with Gasteiger partial charge in [-0.15, -0.1) is 5.10 Å². The van der Waals surface area contributed by atoms with Gasteiger partial charge in [-0.05, 0) is 31.4 Å². The van der Waals surface area contributed by atoms with Crippen LogP contribution in [0.15, 0.2) is 36.7 Å². The quantitative estimate of drug-likeness (QED) is 0.758. The van der Waals surface area contributed by atoms with Gasteiger partial charge < -0.3 is 9.84 Å². The molecule has 0 unspecified atom stereocenters. The van der Waals surface area contributed by atoms with Crippen molar-refractivity contribution in [1.82, 2.24) is 14.8 Å². The fourth-order valence-electron chi connectivity index (χ4n) is 1.57. The van der Waals surface area contributed by atoms with E-state index in [1.165, 1.54) is 0 Å². The second-order valence-corrected chi connectivity index (χ2v) is 3.94. The fourth-order valence-corrected chi connectivity index (χ4v) is 1.57. The molecule has 0 aliphatic rings. The van der Waals surface area contributed by atoms with E-state index in [0.717, 1.165) is 24.9 Å². The number of nitrogens with zero attached hydrogens (tertiary/aromatic N) is 3. The number of para-hydroxylation sites is 1. The molecule has 0 amide bonds. The zero-order valence-corrected chi connectivity index (χ0v) is 10.2. The predicted octanol–water partition coefficient (Wildman–Crippen LogP) is 1.81. The van der Waals surface area contributed by atoms with E-state index in [9.17, 15) is 0 Å². The van der Waals surface area contributed by atoms with Gasteiger partial charge in [-0.3, -0.25) is 0 Å². The Morgan fingerprint density at radius 2 is 1.94 bits per heavy atom. The first-order valence-electron chi connectivity index (χ1n) is 6.11. The average molecular weight is 247 g/mol. The molecule has 0 saturated carbocycles. The maximum Gasteiger partial charge on any atom is 0.335 e. The van der Waals surface area contributed by atoms with E-state index in [4.69, 9.17) is 9.84 Å². The van der Waals surface area contributed by atoms with Crippen molar-refractivity contribution < 1.29 is 9.84 Å². The summed E-state index contributed by atoms with van der Waals surface area (Å²) in [6, 6.07) is 10.2. The lowest BCUT2D eigenvalue weighted by Crippen LogP contribution is -2.00. The lowest BCUT2D eigenvalue weighted by atomic mass is 10.2. The summed E-state index contributed by atoms with van der Waals surface area (Å²) in [5, 5.41) is 12.9. The molecule has 0 aliphatic carbocycles. The van der Waals surface area contributed by atoms with Crippen molar-refractivity contribution in [3.63, 3.8) is 0 Å². The van der Waals surface area contributed by atoms with Crippen LogP contribution in [0, 0.1) is 0 Å². The molecule has 0 saturated heterocycles. The van der Waals surface area contributed by atoms with Gasteiger partial charge in [-0.1, -0.05) is 18.2 Å². The molecule has 0 fully saturated rings. The molecular formula is C13H17N3O2. The summed E-state index contributed by atoms with van der Waals surface area (Å²) in [4.78, 5) is 4.09. The SMILES string of the molecule is OCCCCCOc1ncn(-c2ccccc2)n1. The van der Waals surface area contributed by atoms with Crippen LogP contribution < -0.4 is 4.74 Å². The van der Waals surface area contributed by atoms with Gasteiger partial charge in [0.2, 0.25) is 0 Å². The van der Waals surface area contributed by atoms with Gasteiger partial charge in [-0.2, -0.15) is 4.98 Å². The van der Waals surface area contributed by atoms with Gasteiger partial charge in [0.1, 0.15) is 6.33 Å². The van der Waals surface area contributed by atoms with Crippen LogP contribution in [0.5, 0.6) is 6.01 Å². The summed E-state index contributed by atoms with van der Waals surface area (Å²) < 4.78 is 7.11. The van der Waals surface area contributed by atoms with E-state index in [0.29, 0.717) is 12.6 Å². The maximum absolute atomic E-state index is 8.64. The second-order valence-electron chi connectivity index (χ2n) is 3.94. The van der Waals surface area contributed by atoms with Gasteiger partial charge in [0.25, 0.3) is 0 Å². The minimum Gasteiger partial charge on any atom is -0.462 e. The third-order valence-corrected chi connectivity index (χ3v) is 2.53. The number of rotatable bonds is 7. The minimum atomic E-state index is 0.237. The zero-order valence-electron chi connectivity index (χ0n) is 10.2. The van der Waals surface area contributed by atoms with E-state index in [-0.39, 0.29) is 6.61 Å². The maximum atomic E-state index is 8.64. The second kappa shape index (κ2) is 6.76. The number of aromatic nitrogens is 3. The molecule has 2 aromatic rings. The van der Waals surface area contributed by atoms with Gasteiger partial charge in [-0.25, -0.2) is 4.68 Å². The summed E-state index contributed by atoms with van der Waals surface area (Å²) in [6.45, 7) is 0.819. The van der Waals surface area contributed by atoms with Crippen molar-refractivity contribution in [3.8, 4) is 11.7 Å². The molecule has 2 rings (SSSR count). The summed E-state index contributed by atoms with van der Waals surface area (Å²) in [5.74, 6) is 0. The molecule has 5 heteroatoms. The molecule has 5 nitrogen and oxygen atoms in total. The van der Waals surface area contributed by atoms with Crippen LogP contribution in [-0.4, -0.2) is 33.1 Å². The van der Waals surface area contributed by atoms with Crippen LogP contribution in [0.2, 0.25) is 0 Å². The number of hydrogen-bond donors (Lipinski definition) is 1. The van der Waals surface area contributed by atoms with Gasteiger partial charge >= 0.3 is 6.01 Å². The third-order valence-electron chi connectivity index (χ3n) is 2.53. The normalized spacial score (nSPS) is 10.5. The largest absolute Gasteiger partial charge is 0.462 e. The fraction of sp³-hybridized carbons (Fsp3) is 0.385. The molecular weight excluding hydrogens is 230 g/mol. The topological polar surface area (TPSA) is 60.2 Å². The lowest BCUT2D eigenvalue weighted by Gasteiger charge is -2.01.